The molecule has 0 saturated carbocycles. The molecule has 5 heteroatoms. The van der Waals surface area contributed by atoms with Crippen molar-refractivity contribution in [2.24, 2.45) is 0 Å². The molecule has 1 aliphatic rings. The lowest BCUT2D eigenvalue weighted by atomic mass is 10.2. The number of hydrogen-bond acceptors (Lipinski definition) is 4. The number of rotatable bonds is 4. The third-order valence-corrected chi connectivity index (χ3v) is 4.59. The van der Waals surface area contributed by atoms with E-state index in [4.69, 9.17) is 4.98 Å². The van der Waals surface area contributed by atoms with Crippen molar-refractivity contribution in [1.29, 1.82) is 0 Å². The molecule has 2 aromatic heterocycles. The van der Waals surface area contributed by atoms with Crippen LogP contribution in [0.25, 0.3) is 5.65 Å². The Bertz CT molecular complexity index is 601. The number of anilines is 1. The highest BCUT2D eigenvalue weighted by Gasteiger charge is 2.24. The summed E-state index contributed by atoms with van der Waals surface area (Å²) >= 11 is 0. The molecule has 0 amide bonds. The van der Waals surface area contributed by atoms with Gasteiger partial charge in [-0.3, -0.25) is 9.30 Å². The van der Waals surface area contributed by atoms with Gasteiger partial charge in [0.05, 0.1) is 12.3 Å². The molecule has 2 aromatic rings. The first kappa shape index (κ1) is 14.4. The van der Waals surface area contributed by atoms with Gasteiger partial charge in [0.15, 0.2) is 5.82 Å². The van der Waals surface area contributed by atoms with Crippen molar-refractivity contribution < 1.29 is 5.11 Å². The Morgan fingerprint density at radius 2 is 2.00 bits per heavy atom. The van der Waals surface area contributed by atoms with Crippen LogP contribution in [0.4, 0.5) is 5.82 Å². The maximum absolute atomic E-state index is 9.72. The third-order valence-electron chi connectivity index (χ3n) is 4.59. The number of nitrogens with zero attached hydrogens (tertiary/aromatic N) is 4. The molecule has 1 N–H and O–H groups in total. The van der Waals surface area contributed by atoms with Crippen LogP contribution < -0.4 is 4.90 Å². The van der Waals surface area contributed by atoms with Crippen LogP contribution in [0.2, 0.25) is 0 Å². The van der Waals surface area contributed by atoms with Crippen LogP contribution >= 0.6 is 0 Å². The van der Waals surface area contributed by atoms with E-state index < -0.39 is 0 Å². The van der Waals surface area contributed by atoms with Gasteiger partial charge in [-0.2, -0.15) is 0 Å². The number of fused-ring (bicyclic) bond motifs is 1. The van der Waals surface area contributed by atoms with E-state index in [-0.39, 0.29) is 6.61 Å². The highest BCUT2D eigenvalue weighted by molar-refractivity contribution is 5.56. The van der Waals surface area contributed by atoms with Gasteiger partial charge in [-0.25, -0.2) is 4.98 Å². The molecule has 1 fully saturated rings. The lowest BCUT2D eigenvalue weighted by Gasteiger charge is -2.38. The van der Waals surface area contributed by atoms with Gasteiger partial charge in [-0.1, -0.05) is 13.0 Å². The molecule has 1 unspecified atom stereocenters. The van der Waals surface area contributed by atoms with Gasteiger partial charge < -0.3 is 10.0 Å². The largest absolute Gasteiger partial charge is 0.390 e. The van der Waals surface area contributed by atoms with Crippen LogP contribution in [-0.2, 0) is 6.61 Å². The topological polar surface area (TPSA) is 44.0 Å². The zero-order chi connectivity index (χ0) is 14.8. The first-order valence-corrected chi connectivity index (χ1v) is 7.80. The second-order valence-corrected chi connectivity index (χ2v) is 5.75. The van der Waals surface area contributed by atoms with Gasteiger partial charge >= 0.3 is 0 Å². The fraction of sp³-hybridized carbons (Fsp3) is 0.562. The van der Waals surface area contributed by atoms with Gasteiger partial charge in [0.1, 0.15) is 5.65 Å². The van der Waals surface area contributed by atoms with E-state index in [0.717, 1.165) is 43.3 Å². The summed E-state index contributed by atoms with van der Waals surface area (Å²) in [7, 11) is 0. The molecule has 3 heterocycles. The fourth-order valence-electron chi connectivity index (χ4n) is 3.07. The maximum atomic E-state index is 9.72. The van der Waals surface area contributed by atoms with E-state index in [2.05, 4.69) is 23.6 Å². The van der Waals surface area contributed by atoms with E-state index in [1.165, 1.54) is 6.42 Å². The Morgan fingerprint density at radius 3 is 2.67 bits per heavy atom. The first-order chi connectivity index (χ1) is 10.2. The van der Waals surface area contributed by atoms with E-state index in [0.29, 0.717) is 6.04 Å². The average Bonchev–Trinajstić information content (AvgIpc) is 2.92. The summed E-state index contributed by atoms with van der Waals surface area (Å²) in [6.45, 7) is 8.62. The Kier molecular flexibility index (Phi) is 4.12. The van der Waals surface area contributed by atoms with Gasteiger partial charge in [-0.05, 0) is 25.5 Å². The summed E-state index contributed by atoms with van der Waals surface area (Å²) in [4.78, 5) is 9.54. The van der Waals surface area contributed by atoms with Crippen molar-refractivity contribution in [1.82, 2.24) is 14.3 Å². The van der Waals surface area contributed by atoms with Crippen molar-refractivity contribution >= 4 is 11.5 Å². The van der Waals surface area contributed by atoms with Crippen LogP contribution in [0, 0.1) is 0 Å². The molecule has 0 aliphatic carbocycles. The first-order valence-electron chi connectivity index (χ1n) is 7.80. The van der Waals surface area contributed by atoms with Crippen molar-refractivity contribution in [3.8, 4) is 0 Å². The Hall–Kier alpha value is -1.59. The predicted octanol–water partition coefficient (Wildman–Crippen LogP) is 1.75. The smallest absolute Gasteiger partial charge is 0.153 e. The van der Waals surface area contributed by atoms with Crippen molar-refractivity contribution in [3.63, 3.8) is 0 Å². The molecule has 5 nitrogen and oxygen atoms in total. The van der Waals surface area contributed by atoms with E-state index in [9.17, 15) is 5.11 Å². The van der Waals surface area contributed by atoms with E-state index >= 15 is 0 Å². The quantitative estimate of drug-likeness (QED) is 0.931. The summed E-state index contributed by atoms with van der Waals surface area (Å²) in [5.74, 6) is 0.938. The standard InChI is InChI=1S/C16H24N4O/c1-3-13(2)18-8-10-19(11-9-18)16-14(12-21)20-7-5-4-6-15(20)17-16/h4-7,13,21H,3,8-12H2,1-2H3. The van der Waals surface area contributed by atoms with Crippen molar-refractivity contribution in [3.05, 3.63) is 30.1 Å². The summed E-state index contributed by atoms with van der Waals surface area (Å²) in [5, 5.41) is 9.72. The number of hydrogen-bond donors (Lipinski definition) is 1. The SMILES string of the molecule is CCC(C)N1CCN(c2nc3ccccn3c2CO)CC1. The lowest BCUT2D eigenvalue weighted by Crippen LogP contribution is -2.49. The molecule has 0 spiro atoms. The van der Waals surface area contributed by atoms with Crippen LogP contribution in [0.3, 0.4) is 0 Å². The van der Waals surface area contributed by atoms with E-state index in [1.54, 1.807) is 0 Å². The van der Waals surface area contributed by atoms with Gasteiger partial charge in [0.25, 0.3) is 0 Å². The maximum Gasteiger partial charge on any atom is 0.153 e. The highest BCUT2D eigenvalue weighted by atomic mass is 16.3. The molecule has 0 radical (unpaired) electrons. The minimum absolute atomic E-state index is 0.0199. The molecule has 0 aromatic carbocycles. The van der Waals surface area contributed by atoms with Gasteiger partial charge in [-0.15, -0.1) is 0 Å². The molecule has 3 rings (SSSR count). The third kappa shape index (κ3) is 2.63. The minimum atomic E-state index is 0.0199. The summed E-state index contributed by atoms with van der Waals surface area (Å²) in [6.07, 6.45) is 3.16. The zero-order valence-corrected chi connectivity index (χ0v) is 12.9. The normalized spacial score (nSPS) is 18.3. The second-order valence-electron chi connectivity index (χ2n) is 5.75. The number of aliphatic hydroxyl groups is 1. The van der Waals surface area contributed by atoms with Crippen LogP contribution in [0.15, 0.2) is 24.4 Å². The molecule has 0 bridgehead atoms. The predicted molar refractivity (Wildman–Crippen MR) is 84.7 cm³/mol. The number of imidazole rings is 1. The van der Waals surface area contributed by atoms with Crippen LogP contribution in [0.5, 0.6) is 0 Å². The Labute approximate surface area is 125 Å². The Morgan fingerprint density at radius 1 is 1.24 bits per heavy atom. The summed E-state index contributed by atoms with van der Waals surface area (Å²) in [5.41, 5.74) is 1.79. The molecule has 1 aliphatic heterocycles. The second kappa shape index (κ2) is 6.03. The van der Waals surface area contributed by atoms with Crippen molar-refractivity contribution in [2.45, 2.75) is 32.9 Å². The monoisotopic (exact) mass is 288 g/mol. The van der Waals surface area contributed by atoms with Gasteiger partial charge in [0.2, 0.25) is 0 Å². The summed E-state index contributed by atoms with van der Waals surface area (Å²) < 4.78 is 1.98. The Balaban J connectivity index is 1.82. The van der Waals surface area contributed by atoms with Crippen LogP contribution in [0.1, 0.15) is 26.0 Å². The van der Waals surface area contributed by atoms with Gasteiger partial charge in [0, 0.05) is 38.4 Å². The molecule has 1 atom stereocenters. The molecular formula is C16H24N4O. The number of piperazine rings is 1. The van der Waals surface area contributed by atoms with E-state index in [1.807, 2.05) is 28.8 Å². The fourth-order valence-corrected chi connectivity index (χ4v) is 3.07. The molecule has 1 saturated heterocycles. The minimum Gasteiger partial charge on any atom is -0.390 e. The zero-order valence-electron chi connectivity index (χ0n) is 12.9. The summed E-state index contributed by atoms with van der Waals surface area (Å²) in [6, 6.07) is 6.58. The molecular weight excluding hydrogens is 264 g/mol. The highest BCUT2D eigenvalue weighted by Crippen LogP contribution is 2.23. The lowest BCUT2D eigenvalue weighted by molar-refractivity contribution is 0.192. The molecule has 114 valence electrons. The van der Waals surface area contributed by atoms with Crippen molar-refractivity contribution in [2.75, 3.05) is 31.1 Å². The average molecular weight is 288 g/mol. The molecule has 21 heavy (non-hydrogen) atoms. The number of aliphatic hydroxyl groups excluding tert-OH is 1. The number of aromatic nitrogens is 2. The van der Waals surface area contributed by atoms with Crippen LogP contribution in [-0.4, -0.2) is 51.6 Å². The number of pyridine rings is 1.